The van der Waals surface area contributed by atoms with E-state index in [4.69, 9.17) is 27.7 Å². The summed E-state index contributed by atoms with van der Waals surface area (Å²) in [6, 6.07) is 14.1. The molecule has 1 amide bonds. The first-order chi connectivity index (χ1) is 16.5. The SMILES string of the molecule is O=CN(O)Cc1ccc(N2C[C@H]3C[C@@H]2C[C@H]3c2c(-c3c(Cl)cccc3Cl)noc2C2CC2)cc1. The molecule has 3 atom stereocenters. The number of halogens is 2. The van der Waals surface area contributed by atoms with Crippen LogP contribution in [0.4, 0.5) is 5.69 Å². The lowest BCUT2D eigenvalue weighted by Gasteiger charge is -2.33. The fourth-order valence-corrected chi connectivity index (χ4v) is 6.43. The van der Waals surface area contributed by atoms with Crippen molar-refractivity contribution in [3.8, 4) is 11.3 Å². The molecule has 6 rings (SSSR count). The number of hydrogen-bond acceptors (Lipinski definition) is 5. The third-order valence-corrected chi connectivity index (χ3v) is 8.18. The molecule has 2 heterocycles. The van der Waals surface area contributed by atoms with Crippen LogP contribution in [0.3, 0.4) is 0 Å². The molecule has 2 aliphatic carbocycles. The minimum Gasteiger partial charge on any atom is -0.368 e. The van der Waals surface area contributed by atoms with Crippen LogP contribution in [0.15, 0.2) is 47.0 Å². The third kappa shape index (κ3) is 3.78. The summed E-state index contributed by atoms with van der Waals surface area (Å²) in [5.41, 5.74) is 4.87. The number of anilines is 1. The zero-order valence-electron chi connectivity index (χ0n) is 18.5. The van der Waals surface area contributed by atoms with Crippen molar-refractivity contribution in [1.82, 2.24) is 10.2 Å². The maximum Gasteiger partial charge on any atom is 0.233 e. The van der Waals surface area contributed by atoms with Gasteiger partial charge >= 0.3 is 0 Å². The second-order valence-corrected chi connectivity index (χ2v) is 10.5. The Morgan fingerprint density at radius 2 is 1.85 bits per heavy atom. The molecule has 8 heteroatoms. The van der Waals surface area contributed by atoms with Gasteiger partial charge in [0.1, 0.15) is 11.5 Å². The summed E-state index contributed by atoms with van der Waals surface area (Å²) in [6.07, 6.45) is 4.88. The van der Waals surface area contributed by atoms with Gasteiger partial charge in [0.15, 0.2) is 0 Å². The Morgan fingerprint density at radius 3 is 2.47 bits per heavy atom. The zero-order chi connectivity index (χ0) is 23.4. The van der Waals surface area contributed by atoms with E-state index in [0.29, 0.717) is 45.3 Å². The largest absolute Gasteiger partial charge is 0.368 e. The van der Waals surface area contributed by atoms with Crippen LogP contribution >= 0.6 is 23.2 Å². The van der Waals surface area contributed by atoms with Gasteiger partial charge < -0.3 is 9.42 Å². The normalized spacial score (nSPS) is 23.5. The Hall–Kier alpha value is -2.54. The number of amides is 1. The van der Waals surface area contributed by atoms with Crippen molar-refractivity contribution >= 4 is 35.3 Å². The maximum absolute atomic E-state index is 10.7. The molecule has 2 saturated carbocycles. The van der Waals surface area contributed by atoms with Gasteiger partial charge in [0.05, 0.1) is 16.6 Å². The van der Waals surface area contributed by atoms with E-state index < -0.39 is 0 Å². The van der Waals surface area contributed by atoms with Gasteiger partial charge in [-0.05, 0) is 67.3 Å². The molecule has 3 aromatic rings. The molecular formula is C26H25Cl2N3O3. The molecular weight excluding hydrogens is 473 g/mol. The summed E-state index contributed by atoms with van der Waals surface area (Å²) in [5, 5.41) is 15.8. The van der Waals surface area contributed by atoms with Crippen molar-refractivity contribution in [2.24, 2.45) is 5.92 Å². The van der Waals surface area contributed by atoms with Crippen LogP contribution in [0, 0.1) is 5.92 Å². The Balaban J connectivity index is 1.27. The minimum absolute atomic E-state index is 0.183. The summed E-state index contributed by atoms with van der Waals surface area (Å²) >= 11 is 13.1. The number of benzene rings is 2. The summed E-state index contributed by atoms with van der Waals surface area (Å²) in [4.78, 5) is 13.1. The highest BCUT2D eigenvalue weighted by Gasteiger charge is 2.49. The van der Waals surface area contributed by atoms with Gasteiger partial charge in [0.25, 0.3) is 0 Å². The lowest BCUT2D eigenvalue weighted by Crippen LogP contribution is -2.35. The molecule has 2 bridgehead atoms. The summed E-state index contributed by atoms with van der Waals surface area (Å²) in [7, 11) is 0. The third-order valence-electron chi connectivity index (χ3n) is 7.55. The molecule has 34 heavy (non-hydrogen) atoms. The zero-order valence-corrected chi connectivity index (χ0v) is 20.0. The van der Waals surface area contributed by atoms with Crippen LogP contribution in [0.2, 0.25) is 10.0 Å². The fraction of sp³-hybridized carbons (Fsp3) is 0.385. The lowest BCUT2D eigenvalue weighted by molar-refractivity contribution is -0.152. The van der Waals surface area contributed by atoms with E-state index in [9.17, 15) is 10.0 Å². The molecule has 0 unspecified atom stereocenters. The number of carbonyl (C=O) groups excluding carboxylic acids is 1. The van der Waals surface area contributed by atoms with Gasteiger partial charge in [-0.3, -0.25) is 10.0 Å². The van der Waals surface area contributed by atoms with E-state index in [1.165, 1.54) is 11.3 Å². The lowest BCUT2D eigenvalue weighted by atomic mass is 9.84. The predicted molar refractivity (Wildman–Crippen MR) is 130 cm³/mol. The van der Waals surface area contributed by atoms with Crippen LogP contribution < -0.4 is 4.90 Å². The standard InChI is InChI=1S/C26H25Cl2N3O3/c27-21-2-1-3-22(28)24(21)25-23(26(34-29-25)16-6-7-16)20-11-19-10-17(20)13-31(19)18-8-4-15(5-9-18)12-30(33)14-32/h1-5,8-9,14,16-17,19-20,33H,6-7,10-13H2/t17-,19-,20-/m1/s1. The first-order valence-electron chi connectivity index (χ1n) is 11.7. The molecule has 2 aromatic carbocycles. The van der Waals surface area contributed by atoms with Gasteiger partial charge in [0.2, 0.25) is 6.41 Å². The number of nitrogens with zero attached hydrogens (tertiary/aromatic N) is 3. The Morgan fingerprint density at radius 1 is 1.12 bits per heavy atom. The Labute approximate surface area is 208 Å². The van der Waals surface area contributed by atoms with E-state index >= 15 is 0 Å². The fourth-order valence-electron chi connectivity index (χ4n) is 5.85. The minimum atomic E-state index is 0.183. The van der Waals surface area contributed by atoms with Crippen LogP contribution in [0.25, 0.3) is 11.3 Å². The van der Waals surface area contributed by atoms with E-state index in [1.807, 2.05) is 30.3 Å². The van der Waals surface area contributed by atoms with E-state index in [1.54, 1.807) is 0 Å². The van der Waals surface area contributed by atoms with Crippen LogP contribution in [-0.2, 0) is 11.3 Å². The van der Waals surface area contributed by atoms with Crippen molar-refractivity contribution in [3.63, 3.8) is 0 Å². The summed E-state index contributed by atoms with van der Waals surface area (Å²) < 4.78 is 5.94. The number of rotatable bonds is 7. The molecule has 1 saturated heterocycles. The average molecular weight is 498 g/mol. The Kier molecular flexibility index (Phi) is 5.55. The molecule has 1 aliphatic heterocycles. The second kappa shape index (κ2) is 8.59. The second-order valence-electron chi connectivity index (χ2n) is 9.69. The van der Waals surface area contributed by atoms with Crippen LogP contribution in [0.5, 0.6) is 0 Å². The molecule has 3 aliphatic rings. The van der Waals surface area contributed by atoms with Crippen molar-refractivity contribution in [1.29, 1.82) is 0 Å². The number of fused-ring (bicyclic) bond motifs is 2. The molecule has 176 valence electrons. The quantitative estimate of drug-likeness (QED) is 0.237. The molecule has 6 nitrogen and oxygen atoms in total. The average Bonchev–Trinajstić information content (AvgIpc) is 3.27. The van der Waals surface area contributed by atoms with E-state index in [-0.39, 0.29) is 6.54 Å². The topological polar surface area (TPSA) is 69.8 Å². The highest BCUT2D eigenvalue weighted by molar-refractivity contribution is 6.39. The highest BCUT2D eigenvalue weighted by Crippen LogP contribution is 2.55. The number of piperidine rings is 1. The first kappa shape index (κ1) is 22.0. The van der Waals surface area contributed by atoms with Gasteiger partial charge in [0, 0.05) is 35.3 Å². The molecule has 0 radical (unpaired) electrons. The first-order valence-corrected chi connectivity index (χ1v) is 12.5. The summed E-state index contributed by atoms with van der Waals surface area (Å²) in [5.74, 6) is 2.37. The number of hydroxylamine groups is 2. The molecule has 1 aromatic heterocycles. The number of aromatic nitrogens is 1. The van der Waals surface area contributed by atoms with Crippen molar-refractivity contribution in [2.75, 3.05) is 11.4 Å². The predicted octanol–water partition coefficient (Wildman–Crippen LogP) is 6.26. The molecule has 1 N–H and O–H groups in total. The van der Waals surface area contributed by atoms with Gasteiger partial charge in [-0.15, -0.1) is 0 Å². The van der Waals surface area contributed by atoms with Gasteiger partial charge in [-0.25, -0.2) is 5.06 Å². The number of hydrogen-bond donors (Lipinski definition) is 1. The smallest absolute Gasteiger partial charge is 0.233 e. The molecule has 3 fully saturated rings. The van der Waals surface area contributed by atoms with E-state index in [0.717, 1.165) is 54.8 Å². The molecule has 0 spiro atoms. The van der Waals surface area contributed by atoms with Crippen molar-refractivity contribution in [2.45, 2.75) is 50.1 Å². The number of carbonyl (C=O) groups is 1. The Bertz CT molecular complexity index is 1200. The van der Waals surface area contributed by atoms with Crippen LogP contribution in [0.1, 0.15) is 54.4 Å². The van der Waals surface area contributed by atoms with Crippen molar-refractivity contribution < 1.29 is 14.5 Å². The summed E-state index contributed by atoms with van der Waals surface area (Å²) in [6.45, 7) is 1.16. The van der Waals surface area contributed by atoms with E-state index in [2.05, 4.69) is 22.2 Å². The van der Waals surface area contributed by atoms with Gasteiger partial charge in [-0.1, -0.05) is 46.6 Å². The monoisotopic (exact) mass is 497 g/mol. The van der Waals surface area contributed by atoms with Gasteiger partial charge in [-0.2, -0.15) is 0 Å². The van der Waals surface area contributed by atoms with Crippen LogP contribution in [-0.4, -0.2) is 34.4 Å². The van der Waals surface area contributed by atoms with Crippen molar-refractivity contribution in [3.05, 3.63) is 69.4 Å². The maximum atomic E-state index is 10.7. The highest BCUT2D eigenvalue weighted by atomic mass is 35.5.